The second kappa shape index (κ2) is 5.24. The molecule has 0 fully saturated rings. The number of nitrogens with zero attached hydrogens (tertiary/aromatic N) is 4. The van der Waals surface area contributed by atoms with Crippen LogP contribution in [0.25, 0.3) is 11.2 Å². The van der Waals surface area contributed by atoms with Crippen molar-refractivity contribution in [2.24, 2.45) is 7.05 Å². The Kier molecular flexibility index (Phi) is 3.87. The molecule has 0 saturated heterocycles. The fourth-order valence-corrected chi connectivity index (χ4v) is 2.48. The van der Waals surface area contributed by atoms with Crippen molar-refractivity contribution >= 4 is 23.4 Å². The molecule has 2 heterocycles. The van der Waals surface area contributed by atoms with Crippen LogP contribution in [0.3, 0.4) is 0 Å². The first kappa shape index (κ1) is 13.3. The first-order chi connectivity index (χ1) is 8.54. The van der Waals surface area contributed by atoms with Crippen LogP contribution in [0.1, 0.15) is 19.0 Å². The molecule has 5 nitrogen and oxygen atoms in total. The second-order valence-electron chi connectivity index (χ2n) is 4.90. The van der Waals surface area contributed by atoms with Gasteiger partial charge in [0.2, 0.25) is 0 Å². The lowest BCUT2D eigenvalue weighted by molar-refractivity contribution is 0.384. The van der Waals surface area contributed by atoms with E-state index >= 15 is 0 Å². The van der Waals surface area contributed by atoms with E-state index < -0.39 is 0 Å². The predicted octanol–water partition coefficient (Wildman–Crippen LogP) is 1.95. The fraction of sp³-hybridized carbons (Fsp3) is 0.667. The molecule has 100 valence electrons. The molecule has 0 aliphatic carbocycles. The molecular weight excluding hydrogens is 246 g/mol. The molecule has 0 atom stereocenters. The zero-order chi connectivity index (χ0) is 13.3. The van der Waals surface area contributed by atoms with E-state index in [1.54, 1.807) is 0 Å². The maximum Gasteiger partial charge on any atom is 0.179 e. The van der Waals surface area contributed by atoms with Crippen LogP contribution >= 0.6 is 12.2 Å². The van der Waals surface area contributed by atoms with Gasteiger partial charge in [0.15, 0.2) is 10.4 Å². The minimum Gasteiger partial charge on any atom is -0.328 e. The molecule has 0 saturated carbocycles. The molecule has 2 aromatic heterocycles. The Labute approximate surface area is 112 Å². The molecule has 0 amide bonds. The summed E-state index contributed by atoms with van der Waals surface area (Å²) in [5.74, 6) is 0. The van der Waals surface area contributed by atoms with E-state index in [-0.39, 0.29) is 0 Å². The van der Waals surface area contributed by atoms with Crippen molar-refractivity contribution in [3.05, 3.63) is 10.5 Å². The van der Waals surface area contributed by atoms with Gasteiger partial charge in [0.1, 0.15) is 5.52 Å². The molecule has 0 unspecified atom stereocenters. The molecular formula is C12H21N5S. The smallest absolute Gasteiger partial charge is 0.179 e. The van der Waals surface area contributed by atoms with Crippen molar-refractivity contribution in [1.29, 1.82) is 0 Å². The van der Waals surface area contributed by atoms with Gasteiger partial charge in [-0.05, 0) is 32.7 Å². The Morgan fingerprint density at radius 3 is 2.72 bits per heavy atom. The largest absolute Gasteiger partial charge is 0.328 e. The summed E-state index contributed by atoms with van der Waals surface area (Å²) >= 11 is 5.41. The Morgan fingerprint density at radius 2 is 2.11 bits per heavy atom. The summed E-state index contributed by atoms with van der Waals surface area (Å²) in [6.07, 6.45) is 2.08. The third-order valence-corrected chi connectivity index (χ3v) is 3.40. The predicted molar refractivity (Wildman–Crippen MR) is 76.4 cm³/mol. The van der Waals surface area contributed by atoms with Crippen LogP contribution in [-0.2, 0) is 20.0 Å². The Bertz CT molecular complexity index is 589. The van der Waals surface area contributed by atoms with Gasteiger partial charge in [-0.25, -0.2) is 0 Å². The molecule has 0 spiro atoms. The van der Waals surface area contributed by atoms with Gasteiger partial charge < -0.3 is 14.5 Å². The van der Waals surface area contributed by atoms with Gasteiger partial charge in [-0.1, -0.05) is 13.3 Å². The van der Waals surface area contributed by atoms with Gasteiger partial charge in [-0.2, -0.15) is 5.10 Å². The average molecular weight is 267 g/mol. The third kappa shape index (κ3) is 2.35. The van der Waals surface area contributed by atoms with E-state index in [0.29, 0.717) is 0 Å². The van der Waals surface area contributed by atoms with Crippen molar-refractivity contribution in [3.8, 4) is 0 Å². The maximum absolute atomic E-state index is 5.41. The topological polar surface area (TPSA) is 41.8 Å². The highest BCUT2D eigenvalue weighted by Gasteiger charge is 2.14. The van der Waals surface area contributed by atoms with Crippen molar-refractivity contribution in [1.82, 2.24) is 24.2 Å². The van der Waals surface area contributed by atoms with Crippen molar-refractivity contribution in [2.75, 3.05) is 20.6 Å². The zero-order valence-corrected chi connectivity index (χ0v) is 12.3. The number of imidazole rings is 1. The monoisotopic (exact) mass is 267 g/mol. The number of rotatable bonds is 5. The Hall–Kier alpha value is -1.14. The second-order valence-corrected chi connectivity index (χ2v) is 5.29. The van der Waals surface area contributed by atoms with Gasteiger partial charge in [0.25, 0.3) is 0 Å². The molecule has 2 rings (SSSR count). The first-order valence-corrected chi connectivity index (χ1v) is 6.74. The molecule has 0 aliphatic heterocycles. The maximum atomic E-state index is 5.41. The molecule has 0 radical (unpaired) electrons. The van der Waals surface area contributed by atoms with Crippen LogP contribution < -0.4 is 0 Å². The van der Waals surface area contributed by atoms with Gasteiger partial charge in [-0.3, -0.25) is 4.68 Å². The molecule has 6 heteroatoms. The van der Waals surface area contributed by atoms with Crippen LogP contribution in [0, 0.1) is 4.77 Å². The summed E-state index contributed by atoms with van der Waals surface area (Å²) in [6.45, 7) is 4.02. The standard InChI is InChI=1S/C12H21N5S/c1-5-6-9-10-11(16(4)14-9)17(12(18)13-10)8-7-15(2)3/h5-8H2,1-4H3,(H,13,18). The van der Waals surface area contributed by atoms with E-state index in [4.69, 9.17) is 12.2 Å². The number of nitrogens with one attached hydrogen (secondary N) is 1. The summed E-state index contributed by atoms with van der Waals surface area (Å²) in [7, 11) is 6.12. The number of likely N-dealkylation sites (N-methyl/N-ethyl adjacent to an activating group) is 1. The van der Waals surface area contributed by atoms with E-state index in [0.717, 1.165) is 47.6 Å². The van der Waals surface area contributed by atoms with Crippen molar-refractivity contribution in [3.63, 3.8) is 0 Å². The van der Waals surface area contributed by atoms with Crippen LogP contribution in [0.4, 0.5) is 0 Å². The van der Waals surface area contributed by atoms with Crippen LogP contribution in [0.2, 0.25) is 0 Å². The van der Waals surface area contributed by atoms with Crippen molar-refractivity contribution < 1.29 is 0 Å². The lowest BCUT2D eigenvalue weighted by Gasteiger charge is -2.10. The van der Waals surface area contributed by atoms with E-state index in [1.165, 1.54) is 0 Å². The molecule has 2 aromatic rings. The first-order valence-electron chi connectivity index (χ1n) is 6.33. The third-order valence-electron chi connectivity index (χ3n) is 3.08. The minimum atomic E-state index is 0.789. The number of aromatic nitrogens is 4. The number of H-pyrrole nitrogens is 1. The van der Waals surface area contributed by atoms with Crippen LogP contribution in [-0.4, -0.2) is 44.9 Å². The number of hydrogen-bond donors (Lipinski definition) is 1. The molecule has 0 aliphatic rings. The Morgan fingerprint density at radius 1 is 1.39 bits per heavy atom. The molecule has 1 N–H and O–H groups in total. The van der Waals surface area contributed by atoms with Gasteiger partial charge in [0, 0.05) is 20.1 Å². The summed E-state index contributed by atoms with van der Waals surface area (Å²) in [5.41, 5.74) is 3.32. The number of fused-ring (bicyclic) bond motifs is 1. The van der Waals surface area contributed by atoms with Crippen LogP contribution in [0.15, 0.2) is 0 Å². The number of aromatic amines is 1. The molecule has 0 bridgehead atoms. The zero-order valence-electron chi connectivity index (χ0n) is 11.5. The lowest BCUT2D eigenvalue weighted by atomic mass is 10.2. The highest BCUT2D eigenvalue weighted by Crippen LogP contribution is 2.18. The minimum absolute atomic E-state index is 0.789. The SMILES string of the molecule is CCCc1nn(C)c2c1[nH]c(=S)n2CCN(C)C. The highest BCUT2D eigenvalue weighted by atomic mass is 32.1. The van der Waals surface area contributed by atoms with Gasteiger partial charge in [0.05, 0.1) is 5.69 Å². The van der Waals surface area contributed by atoms with Crippen LogP contribution in [0.5, 0.6) is 0 Å². The van der Waals surface area contributed by atoms with Gasteiger partial charge in [-0.15, -0.1) is 0 Å². The summed E-state index contributed by atoms with van der Waals surface area (Å²) in [6, 6.07) is 0. The fourth-order valence-electron chi connectivity index (χ4n) is 2.20. The van der Waals surface area contributed by atoms with Gasteiger partial charge >= 0.3 is 0 Å². The quantitative estimate of drug-likeness (QED) is 0.842. The normalized spacial score (nSPS) is 11.8. The average Bonchev–Trinajstić information content (AvgIpc) is 2.76. The molecule has 18 heavy (non-hydrogen) atoms. The summed E-state index contributed by atoms with van der Waals surface area (Å²) < 4.78 is 4.86. The van der Waals surface area contributed by atoms with E-state index in [1.807, 2.05) is 11.7 Å². The van der Waals surface area contributed by atoms with Crippen molar-refractivity contribution in [2.45, 2.75) is 26.3 Å². The number of aryl methyl sites for hydroxylation is 2. The number of hydrogen-bond acceptors (Lipinski definition) is 3. The van der Waals surface area contributed by atoms with E-state index in [9.17, 15) is 0 Å². The van der Waals surface area contributed by atoms with E-state index in [2.05, 4.69) is 40.6 Å². The lowest BCUT2D eigenvalue weighted by Crippen LogP contribution is -2.19. The Balaban J connectivity index is 2.46. The highest BCUT2D eigenvalue weighted by molar-refractivity contribution is 7.71. The molecule has 0 aromatic carbocycles. The summed E-state index contributed by atoms with van der Waals surface area (Å²) in [5, 5.41) is 4.57. The summed E-state index contributed by atoms with van der Waals surface area (Å²) in [4.78, 5) is 5.46.